The summed E-state index contributed by atoms with van der Waals surface area (Å²) in [5.74, 6) is 1.15. The fourth-order valence-electron chi connectivity index (χ4n) is 1.41. The number of nitrogens with zero attached hydrogens (tertiary/aromatic N) is 1. The molecule has 5 heteroatoms. The summed E-state index contributed by atoms with van der Waals surface area (Å²) < 4.78 is 10.6. The van der Waals surface area contributed by atoms with Gasteiger partial charge in [0, 0.05) is 31.8 Å². The second-order valence-corrected chi connectivity index (χ2v) is 4.27. The third-order valence-electron chi connectivity index (χ3n) is 2.56. The normalized spacial score (nSPS) is 11.8. The van der Waals surface area contributed by atoms with Crippen LogP contribution in [-0.4, -0.2) is 38.6 Å². The molecule has 1 amide bonds. The number of ether oxygens (including phenoxy) is 2. The number of carbonyl (C=O) groups excluding carboxylic acids is 1. The molecule has 1 aromatic carbocycles. The molecule has 0 aliphatic heterocycles. The van der Waals surface area contributed by atoms with Gasteiger partial charge < -0.3 is 20.1 Å². The van der Waals surface area contributed by atoms with E-state index in [1.807, 2.05) is 19.1 Å². The monoisotopic (exact) mass is 252 g/mol. The first-order valence-corrected chi connectivity index (χ1v) is 5.72. The minimum atomic E-state index is -0.166. The van der Waals surface area contributed by atoms with Crippen LogP contribution in [0.5, 0.6) is 11.5 Å². The zero-order chi connectivity index (χ0) is 13.7. The first-order valence-electron chi connectivity index (χ1n) is 5.72. The second-order valence-electron chi connectivity index (χ2n) is 4.27. The van der Waals surface area contributed by atoms with E-state index in [2.05, 4.69) is 0 Å². The molecule has 0 saturated heterocycles. The zero-order valence-corrected chi connectivity index (χ0v) is 11.3. The van der Waals surface area contributed by atoms with Gasteiger partial charge in [-0.25, -0.2) is 0 Å². The molecule has 0 unspecified atom stereocenters. The number of carbonyl (C=O) groups is 1. The Balaban J connectivity index is 2.87. The Hall–Kier alpha value is -1.75. The van der Waals surface area contributed by atoms with Crippen LogP contribution in [0.1, 0.15) is 18.5 Å². The Morgan fingerprint density at radius 2 is 2.11 bits per heavy atom. The van der Waals surface area contributed by atoms with Crippen molar-refractivity contribution >= 4 is 5.91 Å². The predicted molar refractivity (Wildman–Crippen MR) is 69.8 cm³/mol. The van der Waals surface area contributed by atoms with E-state index in [0.29, 0.717) is 11.5 Å². The van der Waals surface area contributed by atoms with Crippen LogP contribution in [0.2, 0.25) is 0 Å². The summed E-state index contributed by atoms with van der Waals surface area (Å²) in [6.45, 7) is 1.85. The van der Waals surface area contributed by atoms with Crippen molar-refractivity contribution in [3.63, 3.8) is 0 Å². The van der Waals surface area contributed by atoms with E-state index in [-0.39, 0.29) is 18.6 Å². The van der Waals surface area contributed by atoms with Crippen molar-refractivity contribution in [1.82, 2.24) is 4.90 Å². The maximum absolute atomic E-state index is 11.5. The van der Waals surface area contributed by atoms with E-state index in [9.17, 15) is 4.79 Å². The lowest BCUT2D eigenvalue weighted by Gasteiger charge is -2.16. The van der Waals surface area contributed by atoms with Gasteiger partial charge in [0.05, 0.1) is 7.11 Å². The molecule has 2 N–H and O–H groups in total. The Morgan fingerprint density at radius 3 is 2.61 bits per heavy atom. The van der Waals surface area contributed by atoms with Gasteiger partial charge in [0.25, 0.3) is 5.91 Å². The average Bonchev–Trinajstić information content (AvgIpc) is 2.34. The Labute approximate surface area is 107 Å². The molecule has 0 fully saturated rings. The minimum absolute atomic E-state index is 0.0140. The van der Waals surface area contributed by atoms with Crippen molar-refractivity contribution in [1.29, 1.82) is 0 Å². The Morgan fingerprint density at radius 1 is 1.44 bits per heavy atom. The maximum Gasteiger partial charge on any atom is 0.259 e. The zero-order valence-electron chi connectivity index (χ0n) is 11.3. The van der Waals surface area contributed by atoms with Crippen LogP contribution >= 0.6 is 0 Å². The van der Waals surface area contributed by atoms with Gasteiger partial charge in [0.1, 0.15) is 11.5 Å². The van der Waals surface area contributed by atoms with E-state index in [1.54, 1.807) is 27.3 Å². The topological polar surface area (TPSA) is 64.8 Å². The van der Waals surface area contributed by atoms with Crippen molar-refractivity contribution in [2.75, 3.05) is 27.8 Å². The van der Waals surface area contributed by atoms with Gasteiger partial charge in [0.15, 0.2) is 6.61 Å². The van der Waals surface area contributed by atoms with Crippen molar-refractivity contribution in [3.05, 3.63) is 23.8 Å². The summed E-state index contributed by atoms with van der Waals surface area (Å²) in [6, 6.07) is 5.24. The van der Waals surface area contributed by atoms with E-state index in [0.717, 1.165) is 5.56 Å². The molecule has 0 spiro atoms. The number of likely N-dealkylation sites (N-methyl/N-ethyl adjacent to an activating group) is 1. The lowest BCUT2D eigenvalue weighted by atomic mass is 10.1. The lowest BCUT2D eigenvalue weighted by molar-refractivity contribution is -0.130. The molecule has 18 heavy (non-hydrogen) atoms. The molecule has 0 radical (unpaired) electrons. The highest BCUT2D eigenvalue weighted by Gasteiger charge is 2.12. The van der Waals surface area contributed by atoms with E-state index >= 15 is 0 Å². The molecule has 100 valence electrons. The van der Waals surface area contributed by atoms with Crippen molar-refractivity contribution in [2.24, 2.45) is 5.73 Å². The first kappa shape index (κ1) is 14.3. The summed E-state index contributed by atoms with van der Waals surface area (Å²) in [5.41, 5.74) is 6.71. The third-order valence-corrected chi connectivity index (χ3v) is 2.56. The van der Waals surface area contributed by atoms with E-state index in [4.69, 9.17) is 15.2 Å². The van der Waals surface area contributed by atoms with Crippen molar-refractivity contribution in [3.8, 4) is 11.5 Å². The van der Waals surface area contributed by atoms with Crippen molar-refractivity contribution < 1.29 is 14.3 Å². The lowest BCUT2D eigenvalue weighted by Crippen LogP contribution is -2.27. The van der Waals surface area contributed by atoms with Crippen LogP contribution in [0.3, 0.4) is 0 Å². The molecule has 0 heterocycles. The summed E-state index contributed by atoms with van der Waals surface area (Å²) in [4.78, 5) is 13.0. The van der Waals surface area contributed by atoms with E-state index in [1.165, 1.54) is 4.90 Å². The van der Waals surface area contributed by atoms with Gasteiger partial charge in [0.2, 0.25) is 0 Å². The van der Waals surface area contributed by atoms with Crippen LogP contribution in [0.15, 0.2) is 18.2 Å². The fraction of sp³-hybridized carbons (Fsp3) is 0.462. The number of hydrogen-bond acceptors (Lipinski definition) is 4. The predicted octanol–water partition coefficient (Wildman–Crippen LogP) is 1.18. The van der Waals surface area contributed by atoms with Gasteiger partial charge in [-0.3, -0.25) is 4.79 Å². The van der Waals surface area contributed by atoms with Crippen LogP contribution in [0.4, 0.5) is 0 Å². The highest BCUT2D eigenvalue weighted by molar-refractivity contribution is 5.77. The van der Waals surface area contributed by atoms with Crippen LogP contribution in [0, 0.1) is 0 Å². The average molecular weight is 252 g/mol. The van der Waals surface area contributed by atoms with Crippen LogP contribution < -0.4 is 15.2 Å². The molecule has 0 bridgehead atoms. The molecule has 0 aromatic heterocycles. The number of rotatable bonds is 5. The molecule has 5 nitrogen and oxygen atoms in total. The molecule has 0 aliphatic carbocycles. The number of benzene rings is 1. The molecule has 1 aromatic rings. The number of hydrogen-bond donors (Lipinski definition) is 1. The summed E-state index contributed by atoms with van der Waals surface area (Å²) in [7, 11) is 4.95. The summed E-state index contributed by atoms with van der Waals surface area (Å²) in [5, 5.41) is 0. The second kappa shape index (κ2) is 6.26. The van der Waals surface area contributed by atoms with E-state index < -0.39 is 0 Å². The number of methoxy groups -OCH3 is 1. The van der Waals surface area contributed by atoms with Crippen LogP contribution in [0.25, 0.3) is 0 Å². The van der Waals surface area contributed by atoms with Gasteiger partial charge in [-0.2, -0.15) is 0 Å². The standard InChI is InChI=1S/C13H20N2O3/c1-9(14)11-6-5-10(17-4)7-12(11)18-8-13(16)15(2)3/h5-7,9H,8,14H2,1-4H3/t9-/m1/s1. The maximum atomic E-state index is 11.5. The van der Waals surface area contributed by atoms with Gasteiger partial charge >= 0.3 is 0 Å². The highest BCUT2D eigenvalue weighted by atomic mass is 16.5. The molecule has 0 saturated carbocycles. The first-order chi connectivity index (χ1) is 8.45. The van der Waals surface area contributed by atoms with Gasteiger partial charge in [-0.05, 0) is 13.0 Å². The van der Waals surface area contributed by atoms with Gasteiger partial charge in [-0.1, -0.05) is 6.07 Å². The molecule has 1 rings (SSSR count). The fourth-order valence-corrected chi connectivity index (χ4v) is 1.41. The third kappa shape index (κ3) is 3.63. The van der Waals surface area contributed by atoms with Crippen molar-refractivity contribution in [2.45, 2.75) is 13.0 Å². The molecular formula is C13H20N2O3. The highest BCUT2D eigenvalue weighted by Crippen LogP contribution is 2.28. The SMILES string of the molecule is COc1ccc([C@@H](C)N)c(OCC(=O)N(C)C)c1. The summed E-state index contributed by atoms with van der Waals surface area (Å²) in [6.07, 6.45) is 0. The quantitative estimate of drug-likeness (QED) is 0.854. The Bertz CT molecular complexity index is 417. The minimum Gasteiger partial charge on any atom is -0.497 e. The van der Waals surface area contributed by atoms with Crippen LogP contribution in [-0.2, 0) is 4.79 Å². The number of nitrogens with two attached hydrogens (primary N) is 1. The number of amides is 1. The summed E-state index contributed by atoms with van der Waals surface area (Å²) >= 11 is 0. The Kier molecular flexibility index (Phi) is 4.97. The molecular weight excluding hydrogens is 232 g/mol. The largest absolute Gasteiger partial charge is 0.497 e. The molecule has 1 atom stereocenters. The molecule has 0 aliphatic rings. The van der Waals surface area contributed by atoms with Gasteiger partial charge in [-0.15, -0.1) is 0 Å². The smallest absolute Gasteiger partial charge is 0.259 e.